The first kappa shape index (κ1) is 41.1. The second kappa shape index (κ2) is 33.0. The summed E-state index contributed by atoms with van der Waals surface area (Å²) in [7, 11) is 0. The zero-order valence-electron chi connectivity index (χ0n) is 27.8. The van der Waals surface area contributed by atoms with E-state index in [2.05, 4.69) is 26.0 Å². The van der Waals surface area contributed by atoms with Crippen LogP contribution in [0.4, 0.5) is 0 Å². The number of unbranched alkanes of at least 4 members (excludes halogenated alkanes) is 17. The van der Waals surface area contributed by atoms with E-state index < -0.39 is 12.2 Å². The summed E-state index contributed by atoms with van der Waals surface area (Å²) in [5, 5.41) is 19.8. The van der Waals surface area contributed by atoms with Crippen molar-refractivity contribution in [2.24, 2.45) is 0 Å². The highest BCUT2D eigenvalue weighted by molar-refractivity contribution is 5.69. The molecule has 0 radical (unpaired) electrons. The molecule has 1 unspecified atom stereocenters. The Hall–Kier alpha value is -1.92. The van der Waals surface area contributed by atoms with Crippen molar-refractivity contribution in [2.75, 3.05) is 13.2 Å². The number of carbonyl (C=O) groups is 2. The van der Waals surface area contributed by atoms with E-state index >= 15 is 0 Å². The van der Waals surface area contributed by atoms with E-state index in [9.17, 15) is 19.8 Å². The lowest BCUT2D eigenvalue weighted by Gasteiger charge is -2.12. The standard InChI is InChI=1S/C37H66O6/c1-3-5-7-8-9-10-11-12-13-16-19-22-26-30-36(40)42-32-35(39)33-43-37(41)31-27-23-20-17-14-15-18-21-25-29-34(38)28-24-6-4-2/h6,18,21,24-25,29,34-35,38-39H,3-5,7-17,19-20,22-23,26-28,30-33H2,1-2H3/b21-18+,24-6+,29-25+/t34?,35-/m1/s1. The normalized spacial score (nSPS) is 13.3. The number of ether oxygens (including phenoxy) is 2. The second-order valence-corrected chi connectivity index (χ2v) is 11.8. The summed E-state index contributed by atoms with van der Waals surface area (Å²) in [5.41, 5.74) is 0. The van der Waals surface area contributed by atoms with Gasteiger partial charge < -0.3 is 19.7 Å². The Kier molecular flexibility index (Phi) is 31.5. The third kappa shape index (κ3) is 32.8. The summed E-state index contributed by atoms with van der Waals surface area (Å²) >= 11 is 0. The molecular formula is C37H66O6. The molecule has 0 bridgehead atoms. The van der Waals surface area contributed by atoms with Gasteiger partial charge in [0, 0.05) is 12.8 Å². The molecule has 0 aromatic rings. The molecule has 0 aromatic heterocycles. The molecule has 43 heavy (non-hydrogen) atoms. The maximum absolute atomic E-state index is 11.9. The second-order valence-electron chi connectivity index (χ2n) is 11.8. The van der Waals surface area contributed by atoms with Gasteiger partial charge in [0.2, 0.25) is 0 Å². The highest BCUT2D eigenvalue weighted by Crippen LogP contribution is 2.13. The molecule has 0 amide bonds. The minimum atomic E-state index is -0.983. The van der Waals surface area contributed by atoms with Crippen LogP contribution in [0, 0.1) is 0 Å². The van der Waals surface area contributed by atoms with Crippen LogP contribution in [-0.4, -0.2) is 47.6 Å². The predicted octanol–water partition coefficient (Wildman–Crippen LogP) is 9.48. The summed E-state index contributed by atoms with van der Waals surface area (Å²) in [6, 6.07) is 0. The number of aliphatic hydroxyl groups excluding tert-OH is 2. The lowest BCUT2D eigenvalue weighted by atomic mass is 10.0. The van der Waals surface area contributed by atoms with Crippen molar-refractivity contribution in [1.82, 2.24) is 0 Å². The van der Waals surface area contributed by atoms with Gasteiger partial charge in [0.15, 0.2) is 0 Å². The minimum Gasteiger partial charge on any atom is -0.463 e. The van der Waals surface area contributed by atoms with Crippen LogP contribution in [0.25, 0.3) is 0 Å². The van der Waals surface area contributed by atoms with Gasteiger partial charge in [-0.3, -0.25) is 9.59 Å². The third-order valence-electron chi connectivity index (χ3n) is 7.47. The van der Waals surface area contributed by atoms with Crippen LogP contribution >= 0.6 is 0 Å². The molecule has 0 heterocycles. The molecular weight excluding hydrogens is 540 g/mol. The Morgan fingerprint density at radius 2 is 1.05 bits per heavy atom. The quantitative estimate of drug-likeness (QED) is 0.0353. The van der Waals surface area contributed by atoms with Crippen molar-refractivity contribution < 1.29 is 29.3 Å². The summed E-state index contributed by atoms with van der Waals surface area (Å²) in [6.07, 6.45) is 35.2. The van der Waals surface area contributed by atoms with Crippen molar-refractivity contribution in [3.8, 4) is 0 Å². The van der Waals surface area contributed by atoms with Gasteiger partial charge in [-0.2, -0.15) is 0 Å². The molecule has 0 fully saturated rings. The first-order valence-corrected chi connectivity index (χ1v) is 17.6. The average molecular weight is 607 g/mol. The maximum atomic E-state index is 11.9. The maximum Gasteiger partial charge on any atom is 0.305 e. The largest absolute Gasteiger partial charge is 0.463 e. The molecule has 2 atom stereocenters. The molecule has 6 nitrogen and oxygen atoms in total. The summed E-state index contributed by atoms with van der Waals surface area (Å²) in [6.45, 7) is 4.06. The monoisotopic (exact) mass is 606 g/mol. The van der Waals surface area contributed by atoms with Crippen molar-refractivity contribution >= 4 is 11.9 Å². The Bertz CT molecular complexity index is 714. The molecule has 0 aliphatic heterocycles. The number of rotatable bonds is 31. The highest BCUT2D eigenvalue weighted by atomic mass is 16.6. The van der Waals surface area contributed by atoms with Crippen molar-refractivity contribution in [2.45, 2.75) is 174 Å². The molecule has 0 saturated carbocycles. The lowest BCUT2D eigenvalue weighted by Crippen LogP contribution is -2.25. The van der Waals surface area contributed by atoms with Gasteiger partial charge in [-0.05, 0) is 38.5 Å². The van der Waals surface area contributed by atoms with Crippen LogP contribution in [0.2, 0.25) is 0 Å². The molecule has 0 aliphatic rings. The SMILES string of the molecule is CC/C=C/CC(O)/C=C/C=C/CCCCCCCC(=O)OC[C@H](O)COC(=O)CCCCCCCCCCCCCCC. The van der Waals surface area contributed by atoms with Crippen LogP contribution < -0.4 is 0 Å². The first-order chi connectivity index (χ1) is 21.0. The van der Waals surface area contributed by atoms with Crippen LogP contribution in [0.3, 0.4) is 0 Å². The van der Waals surface area contributed by atoms with Gasteiger partial charge in [0.05, 0.1) is 6.10 Å². The molecule has 0 aromatic carbocycles. The molecule has 0 rings (SSSR count). The number of aliphatic hydroxyl groups is 2. The lowest BCUT2D eigenvalue weighted by molar-refractivity contribution is -0.152. The summed E-state index contributed by atoms with van der Waals surface area (Å²) < 4.78 is 10.3. The van der Waals surface area contributed by atoms with E-state index in [1.165, 1.54) is 64.2 Å². The number of allylic oxidation sites excluding steroid dienone is 4. The molecule has 250 valence electrons. The molecule has 0 aliphatic carbocycles. The Labute approximate surface area is 264 Å². The van der Waals surface area contributed by atoms with E-state index in [0.717, 1.165) is 64.2 Å². The number of carbonyl (C=O) groups excluding carboxylic acids is 2. The minimum absolute atomic E-state index is 0.133. The van der Waals surface area contributed by atoms with E-state index in [1.54, 1.807) is 0 Å². The van der Waals surface area contributed by atoms with Gasteiger partial charge in [0.25, 0.3) is 0 Å². The van der Waals surface area contributed by atoms with Crippen LogP contribution in [0.1, 0.15) is 162 Å². The first-order valence-electron chi connectivity index (χ1n) is 17.6. The predicted molar refractivity (Wildman–Crippen MR) is 179 cm³/mol. The van der Waals surface area contributed by atoms with Crippen molar-refractivity contribution in [3.63, 3.8) is 0 Å². The fourth-order valence-corrected chi connectivity index (χ4v) is 4.77. The van der Waals surface area contributed by atoms with Crippen LogP contribution in [-0.2, 0) is 19.1 Å². The number of esters is 2. The molecule has 0 spiro atoms. The summed E-state index contributed by atoms with van der Waals surface area (Å²) in [5.74, 6) is -0.617. The van der Waals surface area contributed by atoms with E-state index in [0.29, 0.717) is 19.3 Å². The average Bonchev–Trinajstić information content (AvgIpc) is 3.00. The molecule has 2 N–H and O–H groups in total. The Balaban J connectivity index is 3.52. The van der Waals surface area contributed by atoms with Gasteiger partial charge in [-0.1, -0.05) is 147 Å². The zero-order chi connectivity index (χ0) is 31.6. The Morgan fingerprint density at radius 3 is 1.53 bits per heavy atom. The van der Waals surface area contributed by atoms with Gasteiger partial charge in [-0.25, -0.2) is 0 Å². The van der Waals surface area contributed by atoms with Gasteiger partial charge in [-0.15, -0.1) is 0 Å². The van der Waals surface area contributed by atoms with Crippen LogP contribution in [0.5, 0.6) is 0 Å². The van der Waals surface area contributed by atoms with Gasteiger partial charge >= 0.3 is 11.9 Å². The van der Waals surface area contributed by atoms with Crippen molar-refractivity contribution in [3.05, 3.63) is 36.5 Å². The van der Waals surface area contributed by atoms with E-state index in [-0.39, 0.29) is 25.2 Å². The topological polar surface area (TPSA) is 93.1 Å². The molecule has 0 saturated heterocycles. The van der Waals surface area contributed by atoms with Gasteiger partial charge in [0.1, 0.15) is 19.3 Å². The summed E-state index contributed by atoms with van der Waals surface area (Å²) in [4.78, 5) is 23.8. The fraction of sp³-hybridized carbons (Fsp3) is 0.784. The van der Waals surface area contributed by atoms with Crippen molar-refractivity contribution in [1.29, 1.82) is 0 Å². The van der Waals surface area contributed by atoms with E-state index in [4.69, 9.17) is 9.47 Å². The number of hydrogen-bond donors (Lipinski definition) is 2. The highest BCUT2D eigenvalue weighted by Gasteiger charge is 2.12. The van der Waals surface area contributed by atoms with Crippen LogP contribution in [0.15, 0.2) is 36.5 Å². The molecule has 6 heteroatoms. The third-order valence-corrected chi connectivity index (χ3v) is 7.47. The Morgan fingerprint density at radius 1 is 0.581 bits per heavy atom. The van der Waals surface area contributed by atoms with E-state index in [1.807, 2.05) is 24.3 Å². The zero-order valence-corrected chi connectivity index (χ0v) is 27.8. The smallest absolute Gasteiger partial charge is 0.305 e. The number of hydrogen-bond acceptors (Lipinski definition) is 6. The fourth-order valence-electron chi connectivity index (χ4n) is 4.77.